The van der Waals surface area contributed by atoms with Gasteiger partial charge in [-0.3, -0.25) is 14.6 Å². The van der Waals surface area contributed by atoms with Crippen LogP contribution in [0.2, 0.25) is 0 Å². The maximum Gasteiger partial charge on any atom is 0.317 e. The molecule has 40 heavy (non-hydrogen) atoms. The molecule has 0 bridgehead atoms. The Kier molecular flexibility index (Phi) is 7.90. The maximum atomic E-state index is 13.9. The fourth-order valence-corrected chi connectivity index (χ4v) is 6.46. The lowest BCUT2D eigenvalue weighted by Crippen LogP contribution is -2.60. The molecular weight excluding hydrogens is 517 g/mol. The van der Waals surface area contributed by atoms with E-state index < -0.39 is 23.3 Å². The van der Waals surface area contributed by atoms with Gasteiger partial charge in [0.2, 0.25) is 0 Å². The molecule has 6 nitrogen and oxygen atoms in total. The van der Waals surface area contributed by atoms with Gasteiger partial charge >= 0.3 is 5.97 Å². The highest BCUT2D eigenvalue weighted by Gasteiger charge is 2.45. The highest BCUT2D eigenvalue weighted by atomic mass is 19.1. The summed E-state index contributed by atoms with van der Waals surface area (Å²) in [6.45, 7) is 10.0. The molecule has 0 aliphatic carbocycles. The molecule has 3 aliphatic heterocycles. The van der Waals surface area contributed by atoms with E-state index in [4.69, 9.17) is 5.11 Å². The van der Waals surface area contributed by atoms with Crippen LogP contribution in [0.5, 0.6) is 0 Å². The highest BCUT2D eigenvalue weighted by Crippen LogP contribution is 2.42. The molecule has 0 radical (unpaired) electrons. The standard InChI is InChI=1S/C16H21FN2.C15H18F2N2O2/c1-11-8-13-12-6-4-5-7-14(12)18-15(13)9-19(11)10-16(2,3)17;16-11-5-12(17)7-13(6-11)19-9-15(10-19)1-3-18(4-2-15)8-14(20)21/h4-7,11,18H,8-10H2,1-3H3;5-7H,1-4,8-10H2,(H,20,21). The number of nitrogens with one attached hydrogen (secondary N) is 1. The Bertz CT molecular complexity index is 1330. The Balaban J connectivity index is 0.000000162. The summed E-state index contributed by atoms with van der Waals surface area (Å²) in [7, 11) is 0. The van der Waals surface area contributed by atoms with Crippen molar-refractivity contribution in [2.45, 2.75) is 58.3 Å². The van der Waals surface area contributed by atoms with Crippen molar-refractivity contribution in [3.63, 3.8) is 0 Å². The van der Waals surface area contributed by atoms with Gasteiger partial charge < -0.3 is 15.0 Å². The summed E-state index contributed by atoms with van der Waals surface area (Å²) >= 11 is 0. The molecule has 1 unspecified atom stereocenters. The minimum Gasteiger partial charge on any atom is -0.480 e. The van der Waals surface area contributed by atoms with Crippen molar-refractivity contribution in [2.75, 3.05) is 44.2 Å². The largest absolute Gasteiger partial charge is 0.480 e. The van der Waals surface area contributed by atoms with Gasteiger partial charge in [-0.2, -0.15) is 0 Å². The van der Waals surface area contributed by atoms with Crippen molar-refractivity contribution in [3.05, 3.63) is 65.4 Å². The van der Waals surface area contributed by atoms with E-state index in [1.807, 2.05) is 9.80 Å². The Morgan fingerprint density at radius 3 is 2.38 bits per heavy atom. The molecule has 2 aromatic carbocycles. The monoisotopic (exact) mass is 556 g/mol. The van der Waals surface area contributed by atoms with Gasteiger partial charge in [-0.15, -0.1) is 0 Å². The lowest BCUT2D eigenvalue weighted by molar-refractivity contribution is -0.139. The van der Waals surface area contributed by atoms with Crippen LogP contribution in [0.1, 0.15) is 44.9 Å². The number of carboxylic acid groups (broad SMARTS) is 1. The zero-order valence-electron chi connectivity index (χ0n) is 23.5. The number of fused-ring (bicyclic) bond motifs is 3. The molecule has 6 rings (SSSR count). The number of benzene rings is 2. The molecule has 3 aromatic rings. The quantitative estimate of drug-likeness (QED) is 0.428. The molecule has 0 saturated carbocycles. The van der Waals surface area contributed by atoms with Crippen molar-refractivity contribution in [2.24, 2.45) is 5.41 Å². The van der Waals surface area contributed by atoms with Gasteiger partial charge in [0.15, 0.2) is 0 Å². The number of hydrogen-bond donors (Lipinski definition) is 2. The second-order valence-electron chi connectivity index (χ2n) is 12.5. The molecule has 1 aromatic heterocycles. The minimum absolute atomic E-state index is 0.0922. The number of H-pyrrole nitrogens is 1. The van der Waals surface area contributed by atoms with Gasteiger partial charge in [0.1, 0.15) is 17.3 Å². The molecule has 1 atom stereocenters. The van der Waals surface area contributed by atoms with Crippen molar-refractivity contribution in [3.8, 4) is 0 Å². The fraction of sp³-hybridized carbons (Fsp3) is 0.516. The van der Waals surface area contributed by atoms with Crippen molar-refractivity contribution in [1.29, 1.82) is 0 Å². The van der Waals surface area contributed by atoms with Crippen LogP contribution in [0.4, 0.5) is 18.9 Å². The zero-order valence-corrected chi connectivity index (χ0v) is 23.5. The molecule has 216 valence electrons. The van der Waals surface area contributed by atoms with E-state index in [0.29, 0.717) is 18.3 Å². The zero-order chi connectivity index (χ0) is 28.7. The number of alkyl halides is 1. The SMILES string of the molecule is CC1Cc2c([nH]c3ccccc23)CN1CC(C)(C)F.O=C(O)CN1CCC2(CC1)CN(c1cc(F)cc(F)c1)C2. The molecule has 9 heteroatoms. The summed E-state index contributed by atoms with van der Waals surface area (Å²) < 4.78 is 40.3. The average molecular weight is 557 g/mol. The summed E-state index contributed by atoms with van der Waals surface area (Å²) in [6, 6.07) is 12.4. The van der Waals surface area contributed by atoms with Gasteiger partial charge in [0, 0.05) is 66.0 Å². The molecular formula is C31H39F3N4O2. The number of likely N-dealkylation sites (tertiary alicyclic amines) is 1. The average Bonchev–Trinajstić information content (AvgIpc) is 3.19. The third-order valence-corrected chi connectivity index (χ3v) is 8.51. The van der Waals surface area contributed by atoms with Gasteiger partial charge in [-0.1, -0.05) is 18.2 Å². The number of piperidine rings is 1. The van der Waals surface area contributed by atoms with Gasteiger partial charge in [0.25, 0.3) is 0 Å². The maximum absolute atomic E-state index is 13.9. The number of aromatic amines is 1. The molecule has 2 N–H and O–H groups in total. The number of carbonyl (C=O) groups is 1. The molecule has 2 fully saturated rings. The van der Waals surface area contributed by atoms with Crippen molar-refractivity contribution < 1.29 is 23.1 Å². The van der Waals surface area contributed by atoms with Crippen LogP contribution in [-0.4, -0.2) is 76.8 Å². The summed E-state index contributed by atoms with van der Waals surface area (Å²) in [5.74, 6) is -1.90. The first kappa shape index (κ1) is 28.5. The van der Waals surface area contributed by atoms with Gasteiger partial charge in [-0.25, -0.2) is 13.2 Å². The van der Waals surface area contributed by atoms with E-state index in [9.17, 15) is 18.0 Å². The molecule has 3 aliphatic rings. The predicted octanol–water partition coefficient (Wildman–Crippen LogP) is 5.61. The Morgan fingerprint density at radius 1 is 1.10 bits per heavy atom. The molecule has 4 heterocycles. The number of nitrogens with zero attached hydrogens (tertiary/aromatic N) is 3. The highest BCUT2D eigenvalue weighted by molar-refractivity contribution is 5.84. The van der Waals surface area contributed by atoms with E-state index in [-0.39, 0.29) is 12.0 Å². The number of rotatable bonds is 5. The number of aliphatic carboxylic acids is 1. The van der Waals surface area contributed by atoms with Crippen LogP contribution in [0, 0.1) is 17.0 Å². The van der Waals surface area contributed by atoms with E-state index in [2.05, 4.69) is 41.1 Å². The topological polar surface area (TPSA) is 62.8 Å². The number of anilines is 1. The van der Waals surface area contributed by atoms with Crippen LogP contribution in [-0.2, 0) is 17.8 Å². The van der Waals surface area contributed by atoms with Crippen molar-refractivity contribution in [1.82, 2.24) is 14.8 Å². The van der Waals surface area contributed by atoms with E-state index in [1.54, 1.807) is 13.8 Å². The lowest BCUT2D eigenvalue weighted by Gasteiger charge is -2.55. The Morgan fingerprint density at radius 2 is 1.75 bits per heavy atom. The summed E-state index contributed by atoms with van der Waals surface area (Å²) in [5.41, 5.74) is 3.49. The first-order valence-corrected chi connectivity index (χ1v) is 14.1. The van der Waals surface area contributed by atoms with E-state index in [1.165, 1.54) is 34.3 Å². The molecule has 2 saturated heterocycles. The van der Waals surface area contributed by atoms with Crippen LogP contribution in [0.3, 0.4) is 0 Å². The Labute approximate surface area is 233 Å². The number of para-hydroxylation sites is 1. The molecule has 1 spiro atoms. The fourth-order valence-electron chi connectivity index (χ4n) is 6.46. The number of carboxylic acids is 1. The van der Waals surface area contributed by atoms with Crippen LogP contribution < -0.4 is 4.90 Å². The normalized spacial score (nSPS) is 21.1. The predicted molar refractivity (Wildman–Crippen MR) is 151 cm³/mol. The summed E-state index contributed by atoms with van der Waals surface area (Å²) in [5, 5.41) is 10.1. The van der Waals surface area contributed by atoms with Crippen LogP contribution >= 0.6 is 0 Å². The first-order valence-electron chi connectivity index (χ1n) is 14.1. The molecule has 0 amide bonds. The Hall–Kier alpha value is -3.04. The number of halogens is 3. The second kappa shape index (κ2) is 11.1. The van der Waals surface area contributed by atoms with Gasteiger partial charge in [-0.05, 0) is 76.9 Å². The summed E-state index contributed by atoms with van der Waals surface area (Å²) in [6.07, 6.45) is 2.87. The number of hydrogen-bond acceptors (Lipinski definition) is 4. The van der Waals surface area contributed by atoms with Crippen molar-refractivity contribution >= 4 is 22.6 Å². The summed E-state index contributed by atoms with van der Waals surface area (Å²) in [4.78, 5) is 20.3. The third-order valence-electron chi connectivity index (χ3n) is 8.51. The van der Waals surface area contributed by atoms with Crippen LogP contribution in [0.25, 0.3) is 10.9 Å². The minimum atomic E-state index is -1.14. The van der Waals surface area contributed by atoms with Gasteiger partial charge in [0.05, 0.1) is 6.54 Å². The third kappa shape index (κ3) is 6.47. The van der Waals surface area contributed by atoms with E-state index >= 15 is 0 Å². The van der Waals surface area contributed by atoms with E-state index in [0.717, 1.165) is 58.1 Å². The number of aromatic nitrogens is 1. The second-order valence-corrected chi connectivity index (χ2v) is 12.5. The lowest BCUT2D eigenvalue weighted by atomic mass is 9.71. The first-order chi connectivity index (χ1) is 18.9. The van der Waals surface area contributed by atoms with Crippen LogP contribution in [0.15, 0.2) is 42.5 Å². The smallest absolute Gasteiger partial charge is 0.317 e.